The molecule has 4 rings (SSSR count). The van der Waals surface area contributed by atoms with E-state index in [0.717, 1.165) is 22.2 Å². The Bertz CT molecular complexity index is 1340. The number of fused-ring (bicyclic) bond motifs is 1. The van der Waals surface area contributed by atoms with E-state index in [-0.39, 0.29) is 5.56 Å². The molecule has 0 unspecified atom stereocenters. The van der Waals surface area contributed by atoms with E-state index in [9.17, 15) is 10.1 Å². The Balaban J connectivity index is 1.67. The van der Waals surface area contributed by atoms with Crippen LogP contribution in [-0.4, -0.2) is 28.2 Å². The van der Waals surface area contributed by atoms with Crippen LogP contribution in [0.2, 0.25) is 0 Å². The molecule has 148 valence electrons. The first-order valence-electron chi connectivity index (χ1n) is 9.08. The number of nitriles is 1. The maximum Gasteiger partial charge on any atom is 0.335 e. The summed E-state index contributed by atoms with van der Waals surface area (Å²) in [5.74, 6) is 1.22. The van der Waals surface area contributed by atoms with Crippen LogP contribution in [0.3, 0.4) is 0 Å². The number of nitrogens with one attached hydrogen (secondary N) is 1. The average molecular weight is 399 g/mol. The van der Waals surface area contributed by atoms with Crippen LogP contribution in [0, 0.1) is 18.3 Å². The topological polar surface area (TPSA) is 112 Å². The predicted octanol–water partition coefficient (Wildman–Crippen LogP) is 4.90. The normalized spacial score (nSPS) is 11.4. The molecular formula is C23H17N3O4. The molecule has 7 nitrogen and oxygen atoms in total. The molecule has 0 fully saturated rings. The van der Waals surface area contributed by atoms with Crippen molar-refractivity contribution in [1.29, 1.82) is 5.26 Å². The lowest BCUT2D eigenvalue weighted by molar-refractivity contribution is 0.0697. The molecule has 30 heavy (non-hydrogen) atoms. The number of imidazole rings is 1. The van der Waals surface area contributed by atoms with Gasteiger partial charge in [-0.2, -0.15) is 5.26 Å². The molecule has 0 aliphatic carbocycles. The van der Waals surface area contributed by atoms with E-state index < -0.39 is 5.97 Å². The monoisotopic (exact) mass is 399 g/mol. The molecule has 2 N–H and O–H groups in total. The number of aromatic amines is 1. The van der Waals surface area contributed by atoms with E-state index in [0.29, 0.717) is 28.7 Å². The Morgan fingerprint density at radius 2 is 2.07 bits per heavy atom. The number of rotatable bonds is 5. The first kappa shape index (κ1) is 19.0. The van der Waals surface area contributed by atoms with Gasteiger partial charge in [0.25, 0.3) is 0 Å². The first-order valence-corrected chi connectivity index (χ1v) is 9.08. The van der Waals surface area contributed by atoms with Gasteiger partial charge in [-0.3, -0.25) is 0 Å². The molecule has 0 aliphatic rings. The summed E-state index contributed by atoms with van der Waals surface area (Å²) in [5.41, 5.74) is 3.60. The van der Waals surface area contributed by atoms with Crippen molar-refractivity contribution in [2.75, 3.05) is 7.11 Å². The van der Waals surface area contributed by atoms with Gasteiger partial charge >= 0.3 is 5.97 Å². The highest BCUT2D eigenvalue weighted by atomic mass is 16.5. The zero-order chi connectivity index (χ0) is 21.3. The molecule has 2 heterocycles. The number of furan rings is 1. The van der Waals surface area contributed by atoms with Gasteiger partial charge in [0.1, 0.15) is 29.2 Å². The van der Waals surface area contributed by atoms with E-state index in [1.165, 1.54) is 6.07 Å². The minimum absolute atomic E-state index is 0.219. The van der Waals surface area contributed by atoms with E-state index in [2.05, 4.69) is 16.0 Å². The summed E-state index contributed by atoms with van der Waals surface area (Å²) in [6.07, 6.45) is 1.61. The number of hydrogen-bond donors (Lipinski definition) is 2. The number of benzene rings is 2. The van der Waals surface area contributed by atoms with Crippen molar-refractivity contribution in [3.8, 4) is 23.1 Å². The highest BCUT2D eigenvalue weighted by Gasteiger charge is 2.13. The number of aromatic nitrogens is 2. The van der Waals surface area contributed by atoms with Gasteiger partial charge in [-0.25, -0.2) is 9.78 Å². The lowest BCUT2D eigenvalue weighted by Gasteiger charge is -2.04. The van der Waals surface area contributed by atoms with Crippen LogP contribution >= 0.6 is 0 Å². The summed E-state index contributed by atoms with van der Waals surface area (Å²) >= 11 is 0. The molecule has 0 radical (unpaired) electrons. The van der Waals surface area contributed by atoms with Crippen LogP contribution < -0.4 is 4.74 Å². The molecule has 0 saturated heterocycles. The molecular weight excluding hydrogens is 382 g/mol. The molecule has 2 aromatic carbocycles. The molecule has 0 spiro atoms. The SMILES string of the molecule is COc1ccc2nc(/C(C#N)=C\c3ccc(-c4ccc(C(=O)O)cc4C)o3)[nH]c2c1. The van der Waals surface area contributed by atoms with Crippen molar-refractivity contribution in [2.24, 2.45) is 0 Å². The molecule has 2 aromatic heterocycles. The minimum atomic E-state index is -0.977. The van der Waals surface area contributed by atoms with Crippen molar-refractivity contribution in [1.82, 2.24) is 9.97 Å². The fourth-order valence-electron chi connectivity index (χ4n) is 3.19. The Hall–Kier alpha value is -4.31. The largest absolute Gasteiger partial charge is 0.497 e. The van der Waals surface area contributed by atoms with E-state index >= 15 is 0 Å². The number of carbonyl (C=O) groups is 1. The van der Waals surface area contributed by atoms with E-state index in [1.54, 1.807) is 43.5 Å². The van der Waals surface area contributed by atoms with Gasteiger partial charge in [0.2, 0.25) is 0 Å². The quantitative estimate of drug-likeness (QED) is 0.462. The van der Waals surface area contributed by atoms with Crippen LogP contribution in [0.25, 0.3) is 34.0 Å². The summed E-state index contributed by atoms with van der Waals surface area (Å²) in [5, 5.41) is 18.7. The number of H-pyrrole nitrogens is 1. The van der Waals surface area contributed by atoms with Crippen molar-refractivity contribution in [3.63, 3.8) is 0 Å². The van der Waals surface area contributed by atoms with Crippen molar-refractivity contribution in [3.05, 3.63) is 71.2 Å². The second kappa shape index (κ2) is 7.60. The van der Waals surface area contributed by atoms with Gasteiger partial charge in [-0.15, -0.1) is 0 Å². The van der Waals surface area contributed by atoms with Crippen molar-refractivity contribution in [2.45, 2.75) is 6.92 Å². The van der Waals surface area contributed by atoms with Gasteiger partial charge in [0.15, 0.2) is 0 Å². The first-order chi connectivity index (χ1) is 14.5. The lowest BCUT2D eigenvalue weighted by atomic mass is 10.0. The van der Waals surface area contributed by atoms with Crippen LogP contribution in [0.4, 0.5) is 0 Å². The highest BCUT2D eigenvalue weighted by molar-refractivity contribution is 5.90. The number of carboxylic acids is 1. The zero-order valence-electron chi connectivity index (χ0n) is 16.3. The third-order valence-electron chi connectivity index (χ3n) is 4.72. The summed E-state index contributed by atoms with van der Waals surface area (Å²) in [6.45, 7) is 1.82. The smallest absolute Gasteiger partial charge is 0.335 e. The van der Waals surface area contributed by atoms with Crippen molar-refractivity contribution < 1.29 is 19.1 Å². The summed E-state index contributed by atoms with van der Waals surface area (Å²) < 4.78 is 11.1. The molecule has 4 aromatic rings. The Morgan fingerprint density at radius 3 is 2.77 bits per heavy atom. The van der Waals surface area contributed by atoms with Crippen LogP contribution in [0.1, 0.15) is 27.5 Å². The Morgan fingerprint density at radius 1 is 1.23 bits per heavy atom. The third kappa shape index (κ3) is 3.54. The second-order valence-corrected chi connectivity index (χ2v) is 6.68. The van der Waals surface area contributed by atoms with Gasteiger partial charge in [-0.05, 0) is 48.9 Å². The molecule has 0 amide bonds. The molecule has 7 heteroatoms. The summed E-state index contributed by atoms with van der Waals surface area (Å²) in [4.78, 5) is 18.7. The zero-order valence-corrected chi connectivity index (χ0v) is 16.3. The number of hydrogen-bond acceptors (Lipinski definition) is 5. The van der Waals surface area contributed by atoms with Gasteiger partial charge in [-0.1, -0.05) is 6.07 Å². The second-order valence-electron chi connectivity index (χ2n) is 6.68. The van der Waals surface area contributed by atoms with Crippen LogP contribution in [0.15, 0.2) is 52.9 Å². The van der Waals surface area contributed by atoms with Gasteiger partial charge < -0.3 is 19.2 Å². The van der Waals surface area contributed by atoms with E-state index in [4.69, 9.17) is 14.3 Å². The van der Waals surface area contributed by atoms with Gasteiger partial charge in [0.05, 0.1) is 29.3 Å². The van der Waals surface area contributed by atoms with E-state index in [1.807, 2.05) is 19.1 Å². The molecule has 0 atom stereocenters. The minimum Gasteiger partial charge on any atom is -0.497 e. The number of nitrogens with zero attached hydrogens (tertiary/aromatic N) is 2. The van der Waals surface area contributed by atoms with Gasteiger partial charge in [0, 0.05) is 17.7 Å². The number of carboxylic acid groups (broad SMARTS) is 1. The number of ether oxygens (including phenoxy) is 1. The number of allylic oxidation sites excluding steroid dienone is 1. The van der Waals surface area contributed by atoms with Crippen LogP contribution in [0.5, 0.6) is 5.75 Å². The predicted molar refractivity (Wildman–Crippen MR) is 112 cm³/mol. The fourth-order valence-corrected chi connectivity index (χ4v) is 3.19. The maximum atomic E-state index is 11.1. The number of methoxy groups -OCH3 is 1. The molecule has 0 saturated carbocycles. The Labute approximate surface area is 171 Å². The maximum absolute atomic E-state index is 11.1. The fraction of sp³-hybridized carbons (Fsp3) is 0.0870. The summed E-state index contributed by atoms with van der Waals surface area (Å²) in [6, 6.07) is 16.0. The molecule has 0 aliphatic heterocycles. The van der Waals surface area contributed by atoms with Crippen molar-refractivity contribution >= 4 is 28.7 Å². The Kier molecular flexibility index (Phi) is 4.82. The standard InChI is InChI=1S/C23H17N3O4/c1-13-9-14(23(27)28)3-6-18(13)21-8-5-17(30-21)10-15(12-24)22-25-19-7-4-16(29-2)11-20(19)26-22/h3-11H,1-2H3,(H,25,26)(H,27,28)/b15-10-. The third-order valence-corrected chi connectivity index (χ3v) is 4.72. The highest BCUT2D eigenvalue weighted by Crippen LogP contribution is 2.28. The molecule has 0 bridgehead atoms. The lowest BCUT2D eigenvalue weighted by Crippen LogP contribution is -1.96. The van der Waals surface area contributed by atoms with Crippen LogP contribution in [-0.2, 0) is 0 Å². The number of aryl methyl sites for hydroxylation is 1. The summed E-state index contributed by atoms with van der Waals surface area (Å²) in [7, 11) is 1.59. The average Bonchev–Trinajstić information content (AvgIpc) is 3.37. The number of aromatic carboxylic acids is 1.